The second kappa shape index (κ2) is 7.00. The summed E-state index contributed by atoms with van der Waals surface area (Å²) in [5, 5.41) is 27.9. The molecule has 0 radical (unpaired) electrons. The molecule has 2 aromatic heterocycles. The van der Waals surface area contributed by atoms with Crippen molar-refractivity contribution in [2.24, 2.45) is 10.2 Å². The Kier molecular flexibility index (Phi) is 4.60. The number of hydrogen-bond acceptors (Lipinski definition) is 7. The molecule has 0 fully saturated rings. The van der Waals surface area contributed by atoms with Gasteiger partial charge < -0.3 is 14.9 Å². The van der Waals surface area contributed by atoms with Crippen LogP contribution in [0.4, 0.5) is 11.5 Å². The van der Waals surface area contributed by atoms with Gasteiger partial charge in [-0.15, -0.1) is 10.2 Å². The number of aromatic nitrogens is 2. The molecule has 25 heavy (non-hydrogen) atoms. The largest absolute Gasteiger partial charge is 0.506 e. The number of fused-ring (bicyclic) bond motifs is 1. The first-order chi connectivity index (χ1) is 12.1. The van der Waals surface area contributed by atoms with Crippen molar-refractivity contribution < 1.29 is 19.7 Å². The van der Waals surface area contributed by atoms with E-state index >= 15 is 0 Å². The van der Waals surface area contributed by atoms with Gasteiger partial charge in [0.15, 0.2) is 17.2 Å². The van der Waals surface area contributed by atoms with Gasteiger partial charge in [-0.05, 0) is 31.2 Å². The molecule has 0 aliphatic rings. The second-order valence-electron chi connectivity index (χ2n) is 5.14. The van der Waals surface area contributed by atoms with Gasteiger partial charge in [-0.2, -0.15) is 0 Å². The van der Waals surface area contributed by atoms with Crippen molar-refractivity contribution in [3.8, 4) is 11.5 Å². The van der Waals surface area contributed by atoms with Gasteiger partial charge in [-0.3, -0.25) is 9.20 Å². The summed E-state index contributed by atoms with van der Waals surface area (Å²) in [5.74, 6) is -0.238. The lowest BCUT2D eigenvalue weighted by atomic mass is 10.3. The Bertz CT molecular complexity index is 949. The van der Waals surface area contributed by atoms with Crippen molar-refractivity contribution in [3.63, 3.8) is 0 Å². The van der Waals surface area contributed by atoms with E-state index in [1.807, 2.05) is 0 Å². The summed E-state index contributed by atoms with van der Waals surface area (Å²) in [5.41, 5.74) is 0.854. The Morgan fingerprint density at radius 1 is 1.16 bits per heavy atom. The number of phenolic OH excluding ortho intramolecular Hbond substituents is 1. The fourth-order valence-electron chi connectivity index (χ4n) is 2.31. The van der Waals surface area contributed by atoms with Crippen LogP contribution in [0.5, 0.6) is 11.5 Å². The van der Waals surface area contributed by atoms with Gasteiger partial charge in [0.2, 0.25) is 0 Å². The number of pyridine rings is 1. The highest BCUT2D eigenvalue weighted by molar-refractivity contribution is 5.75. The molecule has 0 atom stereocenters. The third-order valence-corrected chi connectivity index (χ3v) is 3.42. The van der Waals surface area contributed by atoms with E-state index < -0.39 is 5.97 Å². The van der Waals surface area contributed by atoms with Crippen LogP contribution in [0.1, 0.15) is 12.6 Å². The average Bonchev–Trinajstić information content (AvgIpc) is 2.93. The minimum atomic E-state index is -0.454. The molecule has 8 nitrogen and oxygen atoms in total. The van der Waals surface area contributed by atoms with Gasteiger partial charge in [0.1, 0.15) is 11.4 Å². The van der Waals surface area contributed by atoms with Crippen LogP contribution >= 0.6 is 0 Å². The molecule has 0 bridgehead atoms. The maximum absolute atomic E-state index is 11.8. The molecule has 0 saturated carbocycles. The molecule has 0 unspecified atom stereocenters. The maximum atomic E-state index is 11.8. The Morgan fingerprint density at radius 3 is 2.68 bits per heavy atom. The molecule has 3 aromatic rings. The van der Waals surface area contributed by atoms with Gasteiger partial charge in [-0.1, -0.05) is 12.1 Å². The molecule has 0 aliphatic heterocycles. The Morgan fingerprint density at radius 2 is 1.92 bits per heavy atom. The van der Waals surface area contributed by atoms with E-state index in [9.17, 15) is 15.0 Å². The van der Waals surface area contributed by atoms with Crippen LogP contribution in [-0.4, -0.2) is 32.2 Å². The number of carbonyl (C=O) groups excluding carboxylic acids is 1. The van der Waals surface area contributed by atoms with Crippen molar-refractivity contribution >= 4 is 23.1 Å². The number of esters is 1. The fourth-order valence-corrected chi connectivity index (χ4v) is 2.31. The number of ether oxygens (including phenoxy) is 1. The van der Waals surface area contributed by atoms with Crippen molar-refractivity contribution in [3.05, 3.63) is 48.3 Å². The zero-order chi connectivity index (χ0) is 17.8. The first kappa shape index (κ1) is 16.4. The van der Waals surface area contributed by atoms with Crippen molar-refractivity contribution in [2.75, 3.05) is 6.61 Å². The van der Waals surface area contributed by atoms with Crippen LogP contribution in [-0.2, 0) is 16.0 Å². The van der Waals surface area contributed by atoms with Crippen LogP contribution in [0.15, 0.2) is 52.8 Å². The quantitative estimate of drug-likeness (QED) is 0.547. The molecule has 0 spiro atoms. The van der Waals surface area contributed by atoms with Crippen LogP contribution in [0.25, 0.3) is 5.65 Å². The van der Waals surface area contributed by atoms with E-state index in [1.54, 1.807) is 37.4 Å². The molecule has 1 aromatic carbocycles. The fraction of sp³-hybridized carbons (Fsp3) is 0.176. The normalized spacial score (nSPS) is 11.2. The van der Waals surface area contributed by atoms with E-state index in [1.165, 1.54) is 16.5 Å². The Balaban J connectivity index is 2.06. The molecule has 0 saturated heterocycles. The monoisotopic (exact) mass is 340 g/mol. The summed E-state index contributed by atoms with van der Waals surface area (Å²) in [6.07, 6.45) is 1.54. The van der Waals surface area contributed by atoms with Crippen LogP contribution in [0.2, 0.25) is 0 Å². The zero-order valence-electron chi connectivity index (χ0n) is 13.5. The summed E-state index contributed by atoms with van der Waals surface area (Å²) < 4.78 is 6.47. The molecule has 2 N–H and O–H groups in total. The average molecular weight is 340 g/mol. The first-order valence-corrected chi connectivity index (χ1v) is 7.64. The topological polar surface area (TPSA) is 109 Å². The number of benzene rings is 1. The lowest BCUT2D eigenvalue weighted by molar-refractivity contribution is -0.142. The lowest BCUT2D eigenvalue weighted by Crippen LogP contribution is -2.07. The number of para-hydroxylation sites is 1. The summed E-state index contributed by atoms with van der Waals surface area (Å²) in [6, 6.07) is 9.59. The van der Waals surface area contributed by atoms with Crippen LogP contribution < -0.4 is 0 Å². The molecular formula is C17H16N4O4. The predicted molar refractivity (Wildman–Crippen MR) is 89.5 cm³/mol. The van der Waals surface area contributed by atoms with Gasteiger partial charge in [0.25, 0.3) is 0 Å². The van der Waals surface area contributed by atoms with Crippen LogP contribution in [0, 0.1) is 0 Å². The molecular weight excluding hydrogens is 324 g/mol. The standard InChI is InChI=1S/C17H16N4O4/c1-2-25-15(24)10-12-16(20-19-11-6-3-4-7-13(11)22)21-9-5-8-14(23)17(21)18-12/h3-9,22-23H,2,10H2,1H3. The van der Waals surface area contributed by atoms with Gasteiger partial charge in [0.05, 0.1) is 18.7 Å². The molecule has 0 amide bonds. The van der Waals surface area contributed by atoms with Crippen molar-refractivity contribution in [1.82, 2.24) is 9.38 Å². The summed E-state index contributed by atoms with van der Waals surface area (Å²) in [6.45, 7) is 1.97. The third-order valence-electron chi connectivity index (χ3n) is 3.42. The second-order valence-corrected chi connectivity index (χ2v) is 5.14. The number of carbonyl (C=O) groups is 1. The van der Waals surface area contributed by atoms with Crippen LogP contribution in [0.3, 0.4) is 0 Å². The molecule has 2 heterocycles. The van der Waals surface area contributed by atoms with Crippen molar-refractivity contribution in [2.45, 2.75) is 13.3 Å². The molecule has 128 valence electrons. The maximum Gasteiger partial charge on any atom is 0.312 e. The number of aromatic hydroxyl groups is 2. The number of imidazole rings is 1. The van der Waals surface area contributed by atoms with Gasteiger partial charge in [-0.25, -0.2) is 4.98 Å². The van der Waals surface area contributed by atoms with Gasteiger partial charge >= 0.3 is 5.97 Å². The van der Waals surface area contributed by atoms with E-state index in [0.29, 0.717) is 5.69 Å². The highest BCUT2D eigenvalue weighted by Crippen LogP contribution is 2.31. The molecule has 3 rings (SSSR count). The summed E-state index contributed by atoms with van der Waals surface area (Å²) in [4.78, 5) is 16.1. The van der Waals surface area contributed by atoms with E-state index in [0.717, 1.165) is 0 Å². The van der Waals surface area contributed by atoms with Crippen molar-refractivity contribution in [1.29, 1.82) is 0 Å². The Hall–Kier alpha value is -3.42. The highest BCUT2D eigenvalue weighted by Gasteiger charge is 2.18. The minimum absolute atomic E-state index is 0.0186. The molecule has 0 aliphatic carbocycles. The molecule has 8 heteroatoms. The van der Waals surface area contributed by atoms with E-state index in [-0.39, 0.29) is 41.7 Å². The number of rotatable bonds is 5. The number of hydrogen-bond donors (Lipinski definition) is 2. The SMILES string of the molecule is CCOC(=O)Cc1nc2c(O)cccn2c1N=Nc1ccccc1O. The first-order valence-electron chi connectivity index (χ1n) is 7.64. The van der Waals surface area contributed by atoms with E-state index in [2.05, 4.69) is 15.2 Å². The number of azo groups is 1. The minimum Gasteiger partial charge on any atom is -0.506 e. The summed E-state index contributed by atoms with van der Waals surface area (Å²) in [7, 11) is 0. The Labute approximate surface area is 143 Å². The highest BCUT2D eigenvalue weighted by atomic mass is 16.5. The smallest absolute Gasteiger partial charge is 0.312 e. The van der Waals surface area contributed by atoms with Gasteiger partial charge in [0, 0.05) is 6.20 Å². The predicted octanol–water partition coefficient (Wildman–Crippen LogP) is 3.27. The number of phenols is 1. The summed E-state index contributed by atoms with van der Waals surface area (Å²) >= 11 is 0. The number of nitrogens with zero attached hydrogens (tertiary/aromatic N) is 4. The lowest BCUT2D eigenvalue weighted by Gasteiger charge is -2.01. The third kappa shape index (κ3) is 3.42. The van der Waals surface area contributed by atoms with E-state index in [4.69, 9.17) is 4.74 Å². The zero-order valence-corrected chi connectivity index (χ0v) is 13.5.